The highest BCUT2D eigenvalue weighted by Gasteiger charge is 2.21. The summed E-state index contributed by atoms with van der Waals surface area (Å²) < 4.78 is 15.8. The van der Waals surface area contributed by atoms with Crippen molar-refractivity contribution in [3.63, 3.8) is 0 Å². The minimum absolute atomic E-state index is 0.299. The van der Waals surface area contributed by atoms with Gasteiger partial charge in [-0.25, -0.2) is 4.79 Å². The molecule has 1 aromatic carbocycles. The molecule has 0 saturated carbocycles. The van der Waals surface area contributed by atoms with Crippen molar-refractivity contribution in [2.24, 2.45) is 0 Å². The van der Waals surface area contributed by atoms with E-state index in [1.165, 1.54) is 0 Å². The standard InChI is InChI=1S/C15H22O4/c1-4-6-7-14(15(16)18-5-2)19-13-10-8-12(17-3)9-11-13/h8-11,14H,4-7H2,1-3H3. The second-order valence-electron chi connectivity index (χ2n) is 4.18. The van der Waals surface area contributed by atoms with E-state index in [1.54, 1.807) is 38.3 Å². The normalized spacial score (nSPS) is 11.7. The smallest absolute Gasteiger partial charge is 0.347 e. The molecular weight excluding hydrogens is 244 g/mol. The lowest BCUT2D eigenvalue weighted by molar-refractivity contribution is -0.151. The summed E-state index contributed by atoms with van der Waals surface area (Å²) in [7, 11) is 1.61. The zero-order chi connectivity index (χ0) is 14.1. The highest BCUT2D eigenvalue weighted by molar-refractivity contribution is 5.75. The van der Waals surface area contributed by atoms with Crippen LogP contribution in [-0.2, 0) is 9.53 Å². The van der Waals surface area contributed by atoms with E-state index in [9.17, 15) is 4.79 Å². The maximum Gasteiger partial charge on any atom is 0.347 e. The predicted molar refractivity (Wildman–Crippen MR) is 73.6 cm³/mol. The molecule has 0 saturated heterocycles. The van der Waals surface area contributed by atoms with Crippen molar-refractivity contribution in [3.8, 4) is 11.5 Å². The van der Waals surface area contributed by atoms with E-state index in [4.69, 9.17) is 14.2 Å². The Morgan fingerprint density at radius 2 is 1.79 bits per heavy atom. The fourth-order valence-electron chi connectivity index (χ4n) is 1.67. The molecule has 0 bridgehead atoms. The van der Waals surface area contributed by atoms with Crippen molar-refractivity contribution < 1.29 is 19.0 Å². The average molecular weight is 266 g/mol. The number of unbranched alkanes of at least 4 members (excludes halogenated alkanes) is 1. The number of esters is 1. The van der Waals surface area contributed by atoms with Crippen LogP contribution in [0.3, 0.4) is 0 Å². The summed E-state index contributed by atoms with van der Waals surface area (Å²) in [4.78, 5) is 11.8. The van der Waals surface area contributed by atoms with Crippen molar-refractivity contribution in [3.05, 3.63) is 24.3 Å². The van der Waals surface area contributed by atoms with E-state index >= 15 is 0 Å². The first-order chi connectivity index (χ1) is 9.21. The SMILES string of the molecule is CCCCC(Oc1ccc(OC)cc1)C(=O)OCC. The molecule has 1 rings (SSSR count). The number of hydrogen-bond acceptors (Lipinski definition) is 4. The van der Waals surface area contributed by atoms with Gasteiger partial charge in [-0.05, 0) is 44.0 Å². The average Bonchev–Trinajstić information content (AvgIpc) is 2.44. The minimum atomic E-state index is -0.534. The maximum atomic E-state index is 11.8. The monoisotopic (exact) mass is 266 g/mol. The predicted octanol–water partition coefficient (Wildman–Crippen LogP) is 3.20. The molecule has 0 fully saturated rings. The molecule has 1 unspecified atom stereocenters. The molecule has 0 heterocycles. The Labute approximate surface area is 114 Å². The van der Waals surface area contributed by atoms with Gasteiger partial charge in [-0.1, -0.05) is 13.3 Å². The fraction of sp³-hybridized carbons (Fsp3) is 0.533. The van der Waals surface area contributed by atoms with E-state index < -0.39 is 6.10 Å². The van der Waals surface area contributed by atoms with Gasteiger partial charge in [0.1, 0.15) is 11.5 Å². The van der Waals surface area contributed by atoms with Crippen LogP contribution in [0.25, 0.3) is 0 Å². The number of carbonyl (C=O) groups is 1. The van der Waals surface area contributed by atoms with Gasteiger partial charge in [-0.3, -0.25) is 0 Å². The highest BCUT2D eigenvalue weighted by Crippen LogP contribution is 2.20. The van der Waals surface area contributed by atoms with Gasteiger partial charge >= 0.3 is 5.97 Å². The van der Waals surface area contributed by atoms with Gasteiger partial charge in [0.05, 0.1) is 13.7 Å². The Morgan fingerprint density at radius 1 is 1.16 bits per heavy atom. The van der Waals surface area contributed by atoms with Crippen LogP contribution in [0.5, 0.6) is 11.5 Å². The quantitative estimate of drug-likeness (QED) is 0.678. The van der Waals surface area contributed by atoms with Crippen LogP contribution < -0.4 is 9.47 Å². The lowest BCUT2D eigenvalue weighted by Gasteiger charge is -2.17. The third-order valence-electron chi connectivity index (χ3n) is 2.71. The Hall–Kier alpha value is -1.71. The molecule has 0 aromatic heterocycles. The lowest BCUT2D eigenvalue weighted by Crippen LogP contribution is -2.29. The van der Waals surface area contributed by atoms with Gasteiger partial charge in [0.25, 0.3) is 0 Å². The van der Waals surface area contributed by atoms with Crippen LogP contribution >= 0.6 is 0 Å². The molecule has 1 atom stereocenters. The molecule has 0 spiro atoms. The zero-order valence-electron chi connectivity index (χ0n) is 11.8. The molecule has 0 aliphatic heterocycles. The van der Waals surface area contributed by atoms with Crippen LogP contribution in [-0.4, -0.2) is 25.8 Å². The summed E-state index contributed by atoms with van der Waals surface area (Å²) in [6.07, 6.45) is 2.08. The molecule has 0 amide bonds. The van der Waals surface area contributed by atoms with Crippen molar-refractivity contribution in [1.29, 1.82) is 0 Å². The van der Waals surface area contributed by atoms with Crippen LogP contribution in [0.1, 0.15) is 33.1 Å². The first-order valence-electron chi connectivity index (χ1n) is 6.68. The topological polar surface area (TPSA) is 44.8 Å². The second-order valence-corrected chi connectivity index (χ2v) is 4.18. The summed E-state index contributed by atoms with van der Waals surface area (Å²) >= 11 is 0. The van der Waals surface area contributed by atoms with Gasteiger partial charge in [0.2, 0.25) is 0 Å². The molecule has 19 heavy (non-hydrogen) atoms. The van der Waals surface area contributed by atoms with Crippen molar-refractivity contribution in [1.82, 2.24) is 0 Å². The molecule has 0 aliphatic rings. The van der Waals surface area contributed by atoms with Crippen LogP contribution in [0.2, 0.25) is 0 Å². The highest BCUT2D eigenvalue weighted by atomic mass is 16.6. The van der Waals surface area contributed by atoms with Crippen molar-refractivity contribution in [2.45, 2.75) is 39.2 Å². The Morgan fingerprint density at radius 3 is 2.32 bits per heavy atom. The molecule has 0 aliphatic carbocycles. The maximum absolute atomic E-state index is 11.8. The number of benzene rings is 1. The second kappa shape index (κ2) is 8.40. The number of ether oxygens (including phenoxy) is 3. The molecular formula is C15H22O4. The summed E-state index contributed by atoms with van der Waals surface area (Å²) in [5.74, 6) is 1.11. The molecule has 1 aromatic rings. The van der Waals surface area contributed by atoms with Gasteiger partial charge in [0, 0.05) is 0 Å². The van der Waals surface area contributed by atoms with E-state index in [0.717, 1.165) is 18.6 Å². The summed E-state index contributed by atoms with van der Waals surface area (Å²) in [6, 6.07) is 7.18. The van der Waals surface area contributed by atoms with Gasteiger partial charge in [0.15, 0.2) is 6.10 Å². The molecule has 0 radical (unpaired) electrons. The van der Waals surface area contributed by atoms with E-state index in [1.807, 2.05) is 0 Å². The minimum Gasteiger partial charge on any atom is -0.497 e. The Kier molecular flexibility index (Phi) is 6.79. The summed E-state index contributed by atoms with van der Waals surface area (Å²) in [6.45, 7) is 4.24. The number of hydrogen-bond donors (Lipinski definition) is 0. The largest absolute Gasteiger partial charge is 0.497 e. The third-order valence-corrected chi connectivity index (χ3v) is 2.71. The van der Waals surface area contributed by atoms with Crippen LogP contribution in [0.4, 0.5) is 0 Å². The van der Waals surface area contributed by atoms with E-state index in [2.05, 4.69) is 6.92 Å². The molecule has 4 heteroatoms. The van der Waals surface area contributed by atoms with E-state index in [0.29, 0.717) is 18.8 Å². The van der Waals surface area contributed by atoms with Gasteiger partial charge in [-0.15, -0.1) is 0 Å². The molecule has 106 valence electrons. The fourth-order valence-corrected chi connectivity index (χ4v) is 1.67. The summed E-state index contributed by atoms with van der Waals surface area (Å²) in [5, 5.41) is 0. The van der Waals surface area contributed by atoms with Gasteiger partial charge in [-0.2, -0.15) is 0 Å². The first kappa shape index (κ1) is 15.3. The van der Waals surface area contributed by atoms with E-state index in [-0.39, 0.29) is 5.97 Å². The zero-order valence-corrected chi connectivity index (χ0v) is 11.8. The summed E-state index contributed by atoms with van der Waals surface area (Å²) in [5.41, 5.74) is 0. The first-order valence-corrected chi connectivity index (χ1v) is 6.68. The molecule has 4 nitrogen and oxygen atoms in total. The Balaban J connectivity index is 2.66. The van der Waals surface area contributed by atoms with Crippen LogP contribution in [0.15, 0.2) is 24.3 Å². The third kappa shape index (κ3) is 5.20. The Bertz CT molecular complexity index is 372. The lowest BCUT2D eigenvalue weighted by atomic mass is 10.1. The molecule has 0 N–H and O–H groups in total. The van der Waals surface area contributed by atoms with Gasteiger partial charge < -0.3 is 14.2 Å². The van der Waals surface area contributed by atoms with Crippen molar-refractivity contribution >= 4 is 5.97 Å². The number of rotatable bonds is 8. The number of carbonyl (C=O) groups excluding carboxylic acids is 1. The number of methoxy groups -OCH3 is 1. The van der Waals surface area contributed by atoms with Crippen LogP contribution in [0, 0.1) is 0 Å². The van der Waals surface area contributed by atoms with Crippen molar-refractivity contribution in [2.75, 3.05) is 13.7 Å².